The van der Waals surface area contributed by atoms with Gasteiger partial charge in [0, 0.05) is 6.92 Å². The Labute approximate surface area is 150 Å². The van der Waals surface area contributed by atoms with Crippen LogP contribution in [0.2, 0.25) is 0 Å². The van der Waals surface area contributed by atoms with Gasteiger partial charge in [-0.1, -0.05) is 31.5 Å². The molecule has 6 heteroatoms. The molecule has 0 aromatic heterocycles. The smallest absolute Gasteiger partial charge is 0.298 e. The molecule has 0 spiro atoms. The van der Waals surface area contributed by atoms with Crippen LogP contribution in [0.5, 0.6) is 0 Å². The van der Waals surface area contributed by atoms with Crippen LogP contribution in [-0.4, -0.2) is 23.1 Å². The van der Waals surface area contributed by atoms with E-state index in [9.17, 15) is 9.59 Å². The van der Waals surface area contributed by atoms with Crippen molar-refractivity contribution in [1.29, 1.82) is 0 Å². The van der Waals surface area contributed by atoms with E-state index in [2.05, 4.69) is 16.7 Å². The second kappa shape index (κ2) is 10.8. The molecule has 0 N–H and O–H groups in total. The van der Waals surface area contributed by atoms with Gasteiger partial charge in [0.15, 0.2) is 0 Å². The Hall–Kier alpha value is -1.92. The minimum absolute atomic E-state index is 0.411. The van der Waals surface area contributed by atoms with Gasteiger partial charge in [-0.05, 0) is 53.2 Å². The first-order valence-corrected chi connectivity index (χ1v) is 8.28. The quantitative estimate of drug-likeness (QED) is 0.548. The molecular weight excluding hydrogens is 324 g/mol. The van der Waals surface area contributed by atoms with E-state index in [-0.39, 0.29) is 0 Å². The molecule has 0 radical (unpaired) electrons. The van der Waals surface area contributed by atoms with Crippen molar-refractivity contribution in [2.24, 2.45) is 0 Å². The maximum Gasteiger partial charge on any atom is 0.373 e. The summed E-state index contributed by atoms with van der Waals surface area (Å²) in [7, 11) is 0. The lowest BCUT2D eigenvalue weighted by atomic mass is 10.0. The highest BCUT2D eigenvalue weighted by Crippen LogP contribution is 2.17. The zero-order valence-electron chi connectivity index (χ0n) is 16.3. The van der Waals surface area contributed by atoms with Crippen molar-refractivity contribution in [1.82, 2.24) is 0 Å². The van der Waals surface area contributed by atoms with E-state index in [1.165, 1.54) is 6.92 Å². The molecular formula is C19H30O6. The standard InChI is InChI=1S/C13H18O3.C6H12O3/c1-4-10-13(2,3)16-15-12(14)11-8-6-5-7-9-11;1-5(7)8-9-6(2,3)4/h5-9H,4,10H2,1-3H3;1-4H3. The van der Waals surface area contributed by atoms with E-state index in [1.54, 1.807) is 45.0 Å². The van der Waals surface area contributed by atoms with Crippen molar-refractivity contribution in [2.75, 3.05) is 0 Å². The Balaban J connectivity index is 0.000000547. The van der Waals surface area contributed by atoms with E-state index in [1.807, 2.05) is 19.9 Å². The minimum Gasteiger partial charge on any atom is -0.298 e. The first-order chi connectivity index (χ1) is 11.5. The summed E-state index contributed by atoms with van der Waals surface area (Å²) in [6, 6.07) is 8.80. The summed E-state index contributed by atoms with van der Waals surface area (Å²) < 4.78 is 0. The third-order valence-electron chi connectivity index (χ3n) is 2.61. The summed E-state index contributed by atoms with van der Waals surface area (Å²) in [5.74, 6) is -0.880. The largest absolute Gasteiger partial charge is 0.373 e. The van der Waals surface area contributed by atoms with Crippen molar-refractivity contribution >= 4 is 11.9 Å². The number of benzene rings is 1. The second-order valence-corrected chi connectivity index (χ2v) is 7.10. The van der Waals surface area contributed by atoms with Crippen LogP contribution in [0.4, 0.5) is 0 Å². The van der Waals surface area contributed by atoms with Crippen LogP contribution in [0, 0.1) is 0 Å². The summed E-state index contributed by atoms with van der Waals surface area (Å²) in [5, 5.41) is 0. The molecule has 0 saturated carbocycles. The number of rotatable bonds is 6. The molecule has 0 saturated heterocycles. The van der Waals surface area contributed by atoms with E-state index in [0.29, 0.717) is 5.56 Å². The molecule has 142 valence electrons. The third-order valence-corrected chi connectivity index (χ3v) is 2.61. The Morgan fingerprint density at radius 1 is 0.920 bits per heavy atom. The summed E-state index contributed by atoms with van der Waals surface area (Å²) in [5.41, 5.74) is -0.347. The molecule has 0 atom stereocenters. The average molecular weight is 354 g/mol. The normalized spacial score (nSPS) is 11.2. The Morgan fingerprint density at radius 3 is 1.88 bits per heavy atom. The number of carbonyl (C=O) groups is 2. The van der Waals surface area contributed by atoms with Crippen molar-refractivity contribution in [3.8, 4) is 0 Å². The van der Waals surface area contributed by atoms with Gasteiger partial charge in [-0.15, -0.1) is 0 Å². The third kappa shape index (κ3) is 13.1. The molecule has 0 amide bonds. The number of hydrogen-bond donors (Lipinski definition) is 0. The van der Waals surface area contributed by atoms with Gasteiger partial charge >= 0.3 is 11.9 Å². The first kappa shape index (κ1) is 23.1. The average Bonchev–Trinajstić information content (AvgIpc) is 2.51. The lowest BCUT2D eigenvalue weighted by Gasteiger charge is -2.21. The van der Waals surface area contributed by atoms with Gasteiger partial charge in [0.05, 0.1) is 5.56 Å². The van der Waals surface area contributed by atoms with Crippen molar-refractivity contribution in [3.63, 3.8) is 0 Å². The highest BCUT2D eigenvalue weighted by molar-refractivity contribution is 5.88. The van der Waals surface area contributed by atoms with E-state index in [4.69, 9.17) is 9.78 Å². The molecule has 6 nitrogen and oxygen atoms in total. The Morgan fingerprint density at radius 2 is 1.48 bits per heavy atom. The topological polar surface area (TPSA) is 71.1 Å². The summed E-state index contributed by atoms with van der Waals surface area (Å²) in [4.78, 5) is 40.5. The fraction of sp³-hybridized carbons (Fsp3) is 0.579. The maximum atomic E-state index is 11.5. The van der Waals surface area contributed by atoms with E-state index in [0.717, 1.165) is 12.8 Å². The fourth-order valence-electron chi connectivity index (χ4n) is 1.60. The highest BCUT2D eigenvalue weighted by Gasteiger charge is 2.21. The number of hydrogen-bond acceptors (Lipinski definition) is 6. The Bertz CT molecular complexity index is 516. The SMILES string of the molecule is CC(=O)OOC(C)(C)C.CCCC(C)(C)OOC(=O)c1ccccc1. The molecule has 1 rings (SSSR count). The molecule has 0 aliphatic heterocycles. The molecule has 1 aromatic rings. The van der Waals surface area contributed by atoms with Crippen LogP contribution >= 0.6 is 0 Å². The molecule has 0 fully saturated rings. The fourth-order valence-corrected chi connectivity index (χ4v) is 1.60. The van der Waals surface area contributed by atoms with Crippen LogP contribution in [0.25, 0.3) is 0 Å². The molecule has 0 aliphatic carbocycles. The van der Waals surface area contributed by atoms with Crippen molar-refractivity contribution in [2.45, 2.75) is 72.5 Å². The van der Waals surface area contributed by atoms with Gasteiger partial charge in [-0.25, -0.2) is 9.59 Å². The molecule has 0 aliphatic rings. The van der Waals surface area contributed by atoms with Gasteiger partial charge in [0.25, 0.3) is 0 Å². The van der Waals surface area contributed by atoms with Crippen molar-refractivity contribution < 1.29 is 29.1 Å². The molecule has 25 heavy (non-hydrogen) atoms. The second-order valence-electron chi connectivity index (χ2n) is 7.10. The molecule has 0 heterocycles. The summed E-state index contributed by atoms with van der Waals surface area (Å²) >= 11 is 0. The molecule has 1 aromatic carbocycles. The van der Waals surface area contributed by atoms with Gasteiger partial charge < -0.3 is 0 Å². The van der Waals surface area contributed by atoms with Gasteiger partial charge in [0.1, 0.15) is 11.2 Å². The maximum absolute atomic E-state index is 11.5. The van der Waals surface area contributed by atoms with Crippen LogP contribution in [0.3, 0.4) is 0 Å². The zero-order valence-corrected chi connectivity index (χ0v) is 16.3. The van der Waals surface area contributed by atoms with Crippen LogP contribution in [-0.2, 0) is 24.3 Å². The van der Waals surface area contributed by atoms with E-state index >= 15 is 0 Å². The zero-order chi connectivity index (χ0) is 19.5. The van der Waals surface area contributed by atoms with E-state index < -0.39 is 23.1 Å². The van der Waals surface area contributed by atoms with Gasteiger partial charge in [-0.2, -0.15) is 9.78 Å². The lowest BCUT2D eigenvalue weighted by molar-refractivity contribution is -0.318. The van der Waals surface area contributed by atoms with Crippen LogP contribution in [0.1, 0.15) is 71.7 Å². The molecule has 0 unspecified atom stereocenters. The predicted octanol–water partition coefficient (Wildman–Crippen LogP) is 4.63. The number of carbonyl (C=O) groups excluding carboxylic acids is 2. The Kier molecular flexibility index (Phi) is 10.0. The lowest BCUT2D eigenvalue weighted by Crippen LogP contribution is -2.26. The summed E-state index contributed by atoms with van der Waals surface area (Å²) in [6.07, 6.45) is 1.82. The van der Waals surface area contributed by atoms with Gasteiger partial charge in [0.2, 0.25) is 0 Å². The monoisotopic (exact) mass is 354 g/mol. The first-order valence-electron chi connectivity index (χ1n) is 8.28. The minimum atomic E-state index is -0.454. The van der Waals surface area contributed by atoms with Crippen LogP contribution in [0.15, 0.2) is 30.3 Å². The predicted molar refractivity (Wildman–Crippen MR) is 94.5 cm³/mol. The van der Waals surface area contributed by atoms with Gasteiger partial charge in [-0.3, -0.25) is 9.78 Å². The highest BCUT2D eigenvalue weighted by atomic mass is 17.2. The van der Waals surface area contributed by atoms with Crippen molar-refractivity contribution in [3.05, 3.63) is 35.9 Å². The van der Waals surface area contributed by atoms with Crippen LogP contribution < -0.4 is 0 Å². The molecule has 0 bridgehead atoms. The summed E-state index contributed by atoms with van der Waals surface area (Å²) in [6.45, 7) is 12.6.